The van der Waals surface area contributed by atoms with E-state index >= 15 is 0 Å². The number of anilines is 1. The van der Waals surface area contributed by atoms with Crippen molar-refractivity contribution in [1.29, 1.82) is 0 Å². The summed E-state index contributed by atoms with van der Waals surface area (Å²) in [5.74, 6) is 0.987. The van der Waals surface area contributed by atoms with E-state index in [9.17, 15) is 4.79 Å². The molecule has 0 saturated carbocycles. The van der Waals surface area contributed by atoms with Crippen LogP contribution in [-0.4, -0.2) is 12.0 Å². The number of rotatable bonds is 6. The Balaban J connectivity index is 2.09. The minimum atomic E-state index is -0.556. The first-order valence-electron chi connectivity index (χ1n) is 8.17. The fourth-order valence-corrected chi connectivity index (χ4v) is 2.49. The van der Waals surface area contributed by atoms with Crippen LogP contribution in [0.4, 0.5) is 5.69 Å². The van der Waals surface area contributed by atoms with Gasteiger partial charge in [-0.2, -0.15) is 0 Å². The molecule has 1 atom stereocenters. The van der Waals surface area contributed by atoms with Gasteiger partial charge in [-0.1, -0.05) is 57.2 Å². The second kappa shape index (κ2) is 7.82. The summed E-state index contributed by atoms with van der Waals surface area (Å²) >= 11 is 0. The Morgan fingerprint density at radius 3 is 2.39 bits per heavy atom. The Hall–Kier alpha value is -2.29. The first-order valence-corrected chi connectivity index (χ1v) is 8.17. The molecule has 3 nitrogen and oxygen atoms in total. The van der Waals surface area contributed by atoms with Crippen LogP contribution in [0.15, 0.2) is 48.5 Å². The van der Waals surface area contributed by atoms with E-state index in [1.165, 1.54) is 0 Å². The summed E-state index contributed by atoms with van der Waals surface area (Å²) in [7, 11) is 0. The molecule has 2 aromatic rings. The van der Waals surface area contributed by atoms with Crippen molar-refractivity contribution in [1.82, 2.24) is 0 Å². The molecule has 1 amide bonds. The Morgan fingerprint density at radius 2 is 1.70 bits per heavy atom. The van der Waals surface area contributed by atoms with Gasteiger partial charge in [0.2, 0.25) is 0 Å². The number of ether oxygens (including phenoxy) is 1. The molecular formula is C20H25NO2. The predicted molar refractivity (Wildman–Crippen MR) is 95.1 cm³/mol. The molecule has 0 fully saturated rings. The van der Waals surface area contributed by atoms with Crippen molar-refractivity contribution in [3.8, 4) is 5.75 Å². The SMILES string of the molecule is CCc1ccccc1NC(=O)[C@@H](C)Oc1ccccc1C(C)C. The summed E-state index contributed by atoms with van der Waals surface area (Å²) in [6.07, 6.45) is 0.321. The standard InChI is InChI=1S/C20H25NO2/c1-5-16-10-6-8-12-18(16)21-20(22)15(4)23-19-13-9-7-11-17(19)14(2)3/h6-15H,5H2,1-4H3,(H,21,22)/t15-/m1/s1. The lowest BCUT2D eigenvalue weighted by atomic mass is 10.0. The van der Waals surface area contributed by atoms with Crippen LogP contribution in [-0.2, 0) is 11.2 Å². The van der Waals surface area contributed by atoms with Gasteiger partial charge in [0, 0.05) is 5.69 Å². The van der Waals surface area contributed by atoms with Gasteiger partial charge in [0.05, 0.1) is 0 Å². The molecule has 3 heteroatoms. The van der Waals surface area contributed by atoms with Crippen LogP contribution in [0.3, 0.4) is 0 Å². The Morgan fingerprint density at radius 1 is 1.04 bits per heavy atom. The van der Waals surface area contributed by atoms with Crippen LogP contribution < -0.4 is 10.1 Å². The summed E-state index contributed by atoms with van der Waals surface area (Å²) in [5, 5.41) is 2.97. The number of hydrogen-bond donors (Lipinski definition) is 1. The zero-order valence-corrected chi connectivity index (χ0v) is 14.3. The second-order valence-electron chi connectivity index (χ2n) is 5.95. The molecule has 0 unspecified atom stereocenters. The Kier molecular flexibility index (Phi) is 5.80. The number of nitrogens with one attached hydrogen (secondary N) is 1. The predicted octanol–water partition coefficient (Wildman–Crippen LogP) is 4.78. The molecule has 0 aromatic heterocycles. The molecule has 0 spiro atoms. The van der Waals surface area contributed by atoms with Gasteiger partial charge in [-0.15, -0.1) is 0 Å². The molecule has 2 aromatic carbocycles. The van der Waals surface area contributed by atoms with E-state index in [2.05, 4.69) is 26.1 Å². The number of carbonyl (C=O) groups is 1. The number of para-hydroxylation sites is 2. The van der Waals surface area contributed by atoms with Gasteiger partial charge in [0.1, 0.15) is 5.75 Å². The van der Waals surface area contributed by atoms with Crippen LogP contribution in [0.2, 0.25) is 0 Å². The molecule has 0 heterocycles. The molecule has 0 bridgehead atoms. The van der Waals surface area contributed by atoms with Crippen molar-refractivity contribution in [3.63, 3.8) is 0 Å². The normalized spacial score (nSPS) is 12.0. The lowest BCUT2D eigenvalue weighted by molar-refractivity contribution is -0.122. The maximum absolute atomic E-state index is 12.4. The van der Waals surface area contributed by atoms with E-state index in [1.54, 1.807) is 6.92 Å². The van der Waals surface area contributed by atoms with Gasteiger partial charge in [0.15, 0.2) is 6.10 Å². The smallest absolute Gasteiger partial charge is 0.265 e. The first-order chi connectivity index (χ1) is 11.0. The fourth-order valence-electron chi connectivity index (χ4n) is 2.49. The largest absolute Gasteiger partial charge is 0.481 e. The molecular weight excluding hydrogens is 286 g/mol. The van der Waals surface area contributed by atoms with Crippen LogP contribution in [0.5, 0.6) is 5.75 Å². The maximum atomic E-state index is 12.4. The van der Waals surface area contributed by atoms with Crippen molar-refractivity contribution in [3.05, 3.63) is 59.7 Å². The van der Waals surface area contributed by atoms with E-state index in [0.29, 0.717) is 5.92 Å². The number of benzene rings is 2. The Bertz CT molecular complexity index is 664. The maximum Gasteiger partial charge on any atom is 0.265 e. The van der Waals surface area contributed by atoms with Crippen molar-refractivity contribution < 1.29 is 9.53 Å². The van der Waals surface area contributed by atoms with Crippen molar-refractivity contribution >= 4 is 11.6 Å². The summed E-state index contributed by atoms with van der Waals surface area (Å²) in [6.45, 7) is 8.08. The van der Waals surface area contributed by atoms with E-state index in [4.69, 9.17) is 4.74 Å². The average molecular weight is 311 g/mol. The molecule has 0 saturated heterocycles. The van der Waals surface area contributed by atoms with Crippen molar-refractivity contribution in [2.24, 2.45) is 0 Å². The molecule has 2 rings (SSSR count). The van der Waals surface area contributed by atoms with Gasteiger partial charge in [-0.05, 0) is 42.5 Å². The van der Waals surface area contributed by atoms with E-state index in [-0.39, 0.29) is 5.91 Å². The number of carbonyl (C=O) groups excluding carboxylic acids is 1. The minimum absolute atomic E-state index is 0.135. The van der Waals surface area contributed by atoms with E-state index in [1.807, 2.05) is 48.5 Å². The van der Waals surface area contributed by atoms with Gasteiger partial charge in [-0.3, -0.25) is 4.79 Å². The third kappa shape index (κ3) is 4.35. The average Bonchev–Trinajstić information content (AvgIpc) is 2.55. The Labute approximate surface area is 138 Å². The first kappa shape index (κ1) is 17.1. The molecule has 23 heavy (non-hydrogen) atoms. The van der Waals surface area contributed by atoms with Crippen LogP contribution in [0.1, 0.15) is 44.7 Å². The highest BCUT2D eigenvalue weighted by Crippen LogP contribution is 2.27. The molecule has 0 aliphatic rings. The lowest BCUT2D eigenvalue weighted by Gasteiger charge is -2.19. The highest BCUT2D eigenvalue weighted by molar-refractivity contribution is 5.94. The van der Waals surface area contributed by atoms with Crippen LogP contribution in [0, 0.1) is 0 Å². The quantitative estimate of drug-likeness (QED) is 0.834. The molecule has 0 radical (unpaired) electrons. The van der Waals surface area contributed by atoms with Crippen LogP contribution >= 0.6 is 0 Å². The zero-order chi connectivity index (χ0) is 16.8. The molecule has 122 valence electrons. The molecule has 0 aliphatic carbocycles. The third-order valence-corrected chi connectivity index (χ3v) is 3.87. The number of aryl methyl sites for hydroxylation is 1. The number of amides is 1. The monoisotopic (exact) mass is 311 g/mol. The highest BCUT2D eigenvalue weighted by Gasteiger charge is 2.18. The van der Waals surface area contributed by atoms with E-state index in [0.717, 1.165) is 29.0 Å². The van der Waals surface area contributed by atoms with Gasteiger partial charge in [0.25, 0.3) is 5.91 Å². The minimum Gasteiger partial charge on any atom is -0.481 e. The topological polar surface area (TPSA) is 38.3 Å². The lowest BCUT2D eigenvalue weighted by Crippen LogP contribution is -2.30. The second-order valence-corrected chi connectivity index (χ2v) is 5.95. The fraction of sp³-hybridized carbons (Fsp3) is 0.350. The highest BCUT2D eigenvalue weighted by atomic mass is 16.5. The summed E-state index contributed by atoms with van der Waals surface area (Å²) in [4.78, 5) is 12.4. The molecule has 1 N–H and O–H groups in total. The van der Waals surface area contributed by atoms with Crippen molar-refractivity contribution in [2.75, 3.05) is 5.32 Å². The van der Waals surface area contributed by atoms with Gasteiger partial charge >= 0.3 is 0 Å². The van der Waals surface area contributed by atoms with Gasteiger partial charge in [-0.25, -0.2) is 0 Å². The summed E-state index contributed by atoms with van der Waals surface area (Å²) in [5.41, 5.74) is 3.09. The zero-order valence-electron chi connectivity index (χ0n) is 14.3. The third-order valence-electron chi connectivity index (χ3n) is 3.87. The van der Waals surface area contributed by atoms with Gasteiger partial charge < -0.3 is 10.1 Å². The molecule has 0 aliphatic heterocycles. The van der Waals surface area contributed by atoms with Crippen molar-refractivity contribution in [2.45, 2.75) is 46.1 Å². The van der Waals surface area contributed by atoms with Crippen LogP contribution in [0.25, 0.3) is 0 Å². The summed E-state index contributed by atoms with van der Waals surface area (Å²) in [6, 6.07) is 15.7. The summed E-state index contributed by atoms with van der Waals surface area (Å²) < 4.78 is 5.90. The van der Waals surface area contributed by atoms with E-state index < -0.39 is 6.10 Å². The number of hydrogen-bond acceptors (Lipinski definition) is 2.